The molecule has 2 amide bonds. The van der Waals surface area contributed by atoms with Crippen LogP contribution in [0, 0.1) is 12.8 Å². The molecule has 1 aliphatic heterocycles. The molecular weight excluding hydrogens is 308 g/mol. The number of carbonyl (C=O) groups excluding carboxylic acids is 1. The summed E-state index contributed by atoms with van der Waals surface area (Å²) in [6.07, 6.45) is 4.66. The number of piperidine rings is 1. The SMILES string of the molecule is Cc1nc(C[C@@H]2CCCN(C(=O)Nc3ccn(C(C)C)n3)C2)no1. The summed E-state index contributed by atoms with van der Waals surface area (Å²) >= 11 is 0. The molecule has 3 heterocycles. The van der Waals surface area contributed by atoms with E-state index in [0.717, 1.165) is 31.6 Å². The van der Waals surface area contributed by atoms with Crippen LogP contribution >= 0.6 is 0 Å². The Bertz CT molecular complexity index is 692. The number of hydrogen-bond acceptors (Lipinski definition) is 5. The highest BCUT2D eigenvalue weighted by Gasteiger charge is 2.25. The van der Waals surface area contributed by atoms with Crippen molar-refractivity contribution >= 4 is 11.8 Å². The largest absolute Gasteiger partial charge is 0.340 e. The van der Waals surface area contributed by atoms with E-state index in [-0.39, 0.29) is 12.1 Å². The van der Waals surface area contributed by atoms with Gasteiger partial charge in [0.25, 0.3) is 0 Å². The summed E-state index contributed by atoms with van der Waals surface area (Å²) in [6, 6.07) is 1.99. The number of hydrogen-bond donors (Lipinski definition) is 1. The molecule has 2 aromatic heterocycles. The number of likely N-dealkylation sites (tertiary alicyclic amines) is 1. The second-order valence-corrected chi connectivity index (χ2v) is 6.59. The number of anilines is 1. The summed E-state index contributed by atoms with van der Waals surface area (Å²) in [5.74, 6) is 2.24. The van der Waals surface area contributed by atoms with Gasteiger partial charge in [-0.15, -0.1) is 0 Å². The number of amides is 2. The summed E-state index contributed by atoms with van der Waals surface area (Å²) in [5, 5.41) is 11.2. The minimum absolute atomic E-state index is 0.0991. The highest BCUT2D eigenvalue weighted by molar-refractivity contribution is 5.88. The van der Waals surface area contributed by atoms with Crippen LogP contribution in [-0.4, -0.2) is 43.9 Å². The lowest BCUT2D eigenvalue weighted by Gasteiger charge is -2.32. The number of nitrogens with one attached hydrogen (secondary N) is 1. The zero-order valence-corrected chi connectivity index (χ0v) is 14.4. The lowest BCUT2D eigenvalue weighted by molar-refractivity contribution is 0.176. The van der Waals surface area contributed by atoms with Crippen LogP contribution in [0.15, 0.2) is 16.8 Å². The van der Waals surface area contributed by atoms with E-state index >= 15 is 0 Å². The maximum Gasteiger partial charge on any atom is 0.323 e. The molecule has 1 atom stereocenters. The van der Waals surface area contributed by atoms with E-state index in [2.05, 4.69) is 20.6 Å². The van der Waals surface area contributed by atoms with E-state index in [0.29, 0.717) is 24.2 Å². The Labute approximate surface area is 141 Å². The Morgan fingerprint density at radius 3 is 3.00 bits per heavy atom. The van der Waals surface area contributed by atoms with Gasteiger partial charge in [-0.25, -0.2) is 4.79 Å². The van der Waals surface area contributed by atoms with Crippen LogP contribution in [0.1, 0.15) is 44.4 Å². The lowest BCUT2D eigenvalue weighted by Crippen LogP contribution is -2.43. The molecule has 0 aromatic carbocycles. The van der Waals surface area contributed by atoms with Crippen molar-refractivity contribution in [2.75, 3.05) is 18.4 Å². The Balaban J connectivity index is 1.56. The molecule has 0 spiro atoms. The van der Waals surface area contributed by atoms with Gasteiger partial charge < -0.3 is 9.42 Å². The van der Waals surface area contributed by atoms with Crippen LogP contribution in [-0.2, 0) is 6.42 Å². The fourth-order valence-electron chi connectivity index (χ4n) is 2.98. The average molecular weight is 332 g/mol. The smallest absolute Gasteiger partial charge is 0.323 e. The van der Waals surface area contributed by atoms with Crippen molar-refractivity contribution in [3.8, 4) is 0 Å². The Kier molecular flexibility index (Phi) is 4.82. The van der Waals surface area contributed by atoms with Crippen molar-refractivity contribution in [1.82, 2.24) is 24.8 Å². The maximum absolute atomic E-state index is 12.5. The first-order valence-corrected chi connectivity index (χ1v) is 8.41. The predicted molar refractivity (Wildman–Crippen MR) is 88.7 cm³/mol. The van der Waals surface area contributed by atoms with Gasteiger partial charge in [-0.05, 0) is 32.6 Å². The van der Waals surface area contributed by atoms with Gasteiger partial charge >= 0.3 is 6.03 Å². The zero-order valence-electron chi connectivity index (χ0n) is 14.4. The molecular formula is C16H24N6O2. The van der Waals surface area contributed by atoms with Crippen molar-refractivity contribution in [2.24, 2.45) is 5.92 Å². The predicted octanol–water partition coefficient (Wildman–Crippen LogP) is 2.64. The molecule has 8 heteroatoms. The second-order valence-electron chi connectivity index (χ2n) is 6.59. The summed E-state index contributed by atoms with van der Waals surface area (Å²) in [7, 11) is 0. The van der Waals surface area contributed by atoms with Crippen molar-refractivity contribution in [3.63, 3.8) is 0 Å². The zero-order chi connectivity index (χ0) is 17.1. The number of aromatic nitrogens is 4. The van der Waals surface area contributed by atoms with E-state index < -0.39 is 0 Å². The number of rotatable bonds is 4. The summed E-state index contributed by atoms with van der Waals surface area (Å²) in [4.78, 5) is 18.6. The molecule has 8 nitrogen and oxygen atoms in total. The van der Waals surface area contributed by atoms with E-state index in [9.17, 15) is 4.79 Å². The van der Waals surface area contributed by atoms with E-state index in [1.54, 1.807) is 6.92 Å². The Hall–Kier alpha value is -2.38. The molecule has 0 unspecified atom stereocenters. The third kappa shape index (κ3) is 3.93. The van der Waals surface area contributed by atoms with Gasteiger partial charge in [0, 0.05) is 44.7 Å². The first-order valence-electron chi connectivity index (χ1n) is 8.41. The van der Waals surface area contributed by atoms with Gasteiger partial charge in [0.2, 0.25) is 5.89 Å². The molecule has 1 fully saturated rings. The molecule has 0 bridgehead atoms. The fourth-order valence-corrected chi connectivity index (χ4v) is 2.98. The number of carbonyl (C=O) groups is 1. The molecule has 130 valence electrons. The highest BCUT2D eigenvalue weighted by atomic mass is 16.5. The number of aryl methyl sites for hydroxylation is 1. The minimum Gasteiger partial charge on any atom is -0.340 e. The fraction of sp³-hybridized carbons (Fsp3) is 0.625. The maximum atomic E-state index is 12.5. The molecule has 0 radical (unpaired) electrons. The minimum atomic E-state index is -0.0991. The normalized spacial score (nSPS) is 18.2. The molecule has 1 aliphatic rings. The van der Waals surface area contributed by atoms with Gasteiger partial charge in [0.1, 0.15) is 0 Å². The van der Waals surface area contributed by atoms with Crippen LogP contribution in [0.25, 0.3) is 0 Å². The monoisotopic (exact) mass is 332 g/mol. The van der Waals surface area contributed by atoms with Crippen molar-refractivity contribution in [1.29, 1.82) is 0 Å². The topological polar surface area (TPSA) is 89.1 Å². The molecule has 1 saturated heterocycles. The average Bonchev–Trinajstić information content (AvgIpc) is 3.17. The molecule has 2 aromatic rings. The molecule has 1 N–H and O–H groups in total. The first-order chi connectivity index (χ1) is 11.5. The van der Waals surface area contributed by atoms with E-state index in [1.807, 2.05) is 35.7 Å². The summed E-state index contributed by atoms with van der Waals surface area (Å²) in [6.45, 7) is 7.34. The van der Waals surface area contributed by atoms with Crippen LogP contribution in [0.4, 0.5) is 10.6 Å². The number of urea groups is 1. The van der Waals surface area contributed by atoms with Crippen molar-refractivity contribution in [2.45, 2.75) is 46.1 Å². The van der Waals surface area contributed by atoms with Gasteiger partial charge in [-0.1, -0.05) is 5.16 Å². The Morgan fingerprint density at radius 1 is 1.50 bits per heavy atom. The van der Waals surface area contributed by atoms with Crippen LogP contribution < -0.4 is 5.32 Å². The number of nitrogens with zero attached hydrogens (tertiary/aromatic N) is 5. The quantitative estimate of drug-likeness (QED) is 0.929. The Morgan fingerprint density at radius 2 is 2.33 bits per heavy atom. The van der Waals surface area contributed by atoms with Crippen molar-refractivity contribution in [3.05, 3.63) is 24.0 Å². The molecule has 3 rings (SSSR count). The summed E-state index contributed by atoms with van der Waals surface area (Å²) in [5.41, 5.74) is 0. The van der Waals surface area contributed by atoms with Crippen LogP contribution in [0.3, 0.4) is 0 Å². The van der Waals surface area contributed by atoms with Crippen LogP contribution in [0.2, 0.25) is 0 Å². The highest BCUT2D eigenvalue weighted by Crippen LogP contribution is 2.20. The van der Waals surface area contributed by atoms with E-state index in [1.165, 1.54) is 0 Å². The first kappa shape index (κ1) is 16.5. The third-order valence-corrected chi connectivity index (χ3v) is 4.22. The van der Waals surface area contributed by atoms with Gasteiger partial charge in [0.05, 0.1) is 0 Å². The third-order valence-electron chi connectivity index (χ3n) is 4.22. The van der Waals surface area contributed by atoms with Gasteiger partial charge in [-0.3, -0.25) is 10.00 Å². The molecule has 0 aliphatic carbocycles. The second kappa shape index (κ2) is 7.02. The van der Waals surface area contributed by atoms with Crippen molar-refractivity contribution < 1.29 is 9.32 Å². The van der Waals surface area contributed by atoms with Crippen LogP contribution in [0.5, 0.6) is 0 Å². The van der Waals surface area contributed by atoms with E-state index in [4.69, 9.17) is 4.52 Å². The standard InChI is InChI=1S/C16H24N6O2/c1-11(2)22-8-6-14(19-22)18-16(23)21-7-4-5-13(10-21)9-15-17-12(3)24-20-15/h6,8,11,13H,4-5,7,9-10H2,1-3H3,(H,18,19,23)/t13-/m0/s1. The van der Waals surface area contributed by atoms with Gasteiger partial charge in [0.15, 0.2) is 11.6 Å². The summed E-state index contributed by atoms with van der Waals surface area (Å²) < 4.78 is 6.84. The lowest BCUT2D eigenvalue weighted by atomic mass is 9.95. The molecule has 0 saturated carbocycles. The van der Waals surface area contributed by atoms with Gasteiger partial charge in [-0.2, -0.15) is 10.1 Å². The molecule has 24 heavy (non-hydrogen) atoms.